The number of aryl methyl sites for hydroxylation is 2. The molecule has 4 nitrogen and oxygen atoms in total. The van der Waals surface area contributed by atoms with Crippen LogP contribution in [-0.4, -0.2) is 14.8 Å². The highest BCUT2D eigenvalue weighted by atomic mass is 35.5. The highest BCUT2D eigenvalue weighted by molar-refractivity contribution is 7.80. The standard InChI is InChI=1S/C13H14ClN3OS/c1-8-6-9(17(2)16-8)7-18-11-5-3-4-10(14)12(11)13(15)19/h3-6H,7H2,1-2H3,(H2,15,19). The maximum Gasteiger partial charge on any atom is 0.131 e. The number of nitrogens with two attached hydrogens (primary N) is 1. The van der Waals surface area contributed by atoms with Crippen molar-refractivity contribution >= 4 is 28.8 Å². The van der Waals surface area contributed by atoms with Crippen molar-refractivity contribution in [3.63, 3.8) is 0 Å². The molecule has 0 fully saturated rings. The van der Waals surface area contributed by atoms with Crippen molar-refractivity contribution in [2.75, 3.05) is 0 Å². The van der Waals surface area contributed by atoms with Gasteiger partial charge in [0.2, 0.25) is 0 Å². The minimum Gasteiger partial charge on any atom is -0.487 e. The topological polar surface area (TPSA) is 53.1 Å². The Kier molecular flexibility index (Phi) is 4.07. The lowest BCUT2D eigenvalue weighted by molar-refractivity contribution is 0.294. The molecule has 1 heterocycles. The van der Waals surface area contributed by atoms with Crippen LogP contribution in [0.4, 0.5) is 0 Å². The van der Waals surface area contributed by atoms with E-state index in [1.807, 2.05) is 20.0 Å². The van der Waals surface area contributed by atoms with Gasteiger partial charge in [0.25, 0.3) is 0 Å². The van der Waals surface area contributed by atoms with Gasteiger partial charge in [-0.05, 0) is 25.1 Å². The summed E-state index contributed by atoms with van der Waals surface area (Å²) in [6, 6.07) is 7.29. The fourth-order valence-corrected chi connectivity index (χ4v) is 2.35. The number of aromatic nitrogens is 2. The highest BCUT2D eigenvalue weighted by Crippen LogP contribution is 2.27. The van der Waals surface area contributed by atoms with E-state index in [0.717, 1.165) is 11.4 Å². The predicted molar refractivity (Wildman–Crippen MR) is 79.6 cm³/mol. The third-order valence-electron chi connectivity index (χ3n) is 2.70. The largest absolute Gasteiger partial charge is 0.487 e. The van der Waals surface area contributed by atoms with E-state index in [0.29, 0.717) is 22.9 Å². The molecule has 0 spiro atoms. The average Bonchev–Trinajstić information content (AvgIpc) is 2.64. The average molecular weight is 296 g/mol. The number of ether oxygens (including phenoxy) is 1. The van der Waals surface area contributed by atoms with Gasteiger partial charge in [0, 0.05) is 7.05 Å². The quantitative estimate of drug-likeness (QED) is 0.881. The van der Waals surface area contributed by atoms with E-state index in [-0.39, 0.29) is 4.99 Å². The molecule has 0 amide bonds. The van der Waals surface area contributed by atoms with Crippen LogP contribution in [0.2, 0.25) is 5.02 Å². The molecule has 1 aromatic heterocycles. The van der Waals surface area contributed by atoms with Crippen LogP contribution in [0.25, 0.3) is 0 Å². The predicted octanol–water partition coefficient (Wildman–Crippen LogP) is 2.60. The van der Waals surface area contributed by atoms with Crippen molar-refractivity contribution in [1.29, 1.82) is 0 Å². The van der Waals surface area contributed by atoms with Gasteiger partial charge in [0.05, 0.1) is 22.0 Å². The molecule has 0 atom stereocenters. The Bertz CT molecular complexity index is 624. The molecule has 0 radical (unpaired) electrons. The Morgan fingerprint density at radius 1 is 1.53 bits per heavy atom. The minimum absolute atomic E-state index is 0.224. The lowest BCUT2D eigenvalue weighted by atomic mass is 10.2. The van der Waals surface area contributed by atoms with Crippen molar-refractivity contribution < 1.29 is 4.74 Å². The minimum atomic E-state index is 0.224. The van der Waals surface area contributed by atoms with Crippen LogP contribution in [0.3, 0.4) is 0 Å². The van der Waals surface area contributed by atoms with Gasteiger partial charge in [-0.1, -0.05) is 29.9 Å². The first-order chi connectivity index (χ1) is 8.99. The van der Waals surface area contributed by atoms with Gasteiger partial charge in [0.1, 0.15) is 17.3 Å². The monoisotopic (exact) mass is 295 g/mol. The first-order valence-electron chi connectivity index (χ1n) is 5.69. The first kappa shape index (κ1) is 13.8. The van der Waals surface area contributed by atoms with Crippen molar-refractivity contribution in [2.24, 2.45) is 12.8 Å². The molecular formula is C13H14ClN3OS. The molecule has 2 rings (SSSR count). The number of benzene rings is 1. The first-order valence-corrected chi connectivity index (χ1v) is 6.48. The van der Waals surface area contributed by atoms with Crippen molar-refractivity contribution in [2.45, 2.75) is 13.5 Å². The zero-order valence-corrected chi connectivity index (χ0v) is 12.3. The van der Waals surface area contributed by atoms with Gasteiger partial charge in [-0.15, -0.1) is 0 Å². The molecule has 2 aromatic rings. The van der Waals surface area contributed by atoms with E-state index in [9.17, 15) is 0 Å². The normalized spacial score (nSPS) is 10.5. The van der Waals surface area contributed by atoms with Crippen LogP contribution in [-0.2, 0) is 13.7 Å². The van der Waals surface area contributed by atoms with Crippen LogP contribution in [0.5, 0.6) is 5.75 Å². The SMILES string of the molecule is Cc1cc(COc2cccc(Cl)c2C(N)=S)n(C)n1. The van der Waals surface area contributed by atoms with Gasteiger partial charge in [-0.3, -0.25) is 4.68 Å². The van der Waals surface area contributed by atoms with Crippen LogP contribution < -0.4 is 10.5 Å². The molecule has 100 valence electrons. The molecule has 0 bridgehead atoms. The van der Waals surface area contributed by atoms with Crippen molar-refractivity contribution in [3.05, 3.63) is 46.2 Å². The Morgan fingerprint density at radius 2 is 2.26 bits per heavy atom. The number of hydrogen-bond donors (Lipinski definition) is 1. The van der Waals surface area contributed by atoms with Gasteiger partial charge < -0.3 is 10.5 Å². The zero-order chi connectivity index (χ0) is 14.0. The Morgan fingerprint density at radius 3 is 2.84 bits per heavy atom. The molecule has 0 aliphatic heterocycles. The van der Waals surface area contributed by atoms with Crippen LogP contribution in [0, 0.1) is 6.92 Å². The Balaban J connectivity index is 2.22. The summed E-state index contributed by atoms with van der Waals surface area (Å²) in [4.78, 5) is 0.224. The molecule has 0 unspecified atom stereocenters. The number of hydrogen-bond acceptors (Lipinski definition) is 3. The van der Waals surface area contributed by atoms with Gasteiger partial charge in [-0.25, -0.2) is 0 Å². The van der Waals surface area contributed by atoms with E-state index in [1.165, 1.54) is 0 Å². The summed E-state index contributed by atoms with van der Waals surface area (Å²) in [6.45, 7) is 2.32. The third-order valence-corrected chi connectivity index (χ3v) is 3.22. The van der Waals surface area contributed by atoms with E-state index in [1.54, 1.807) is 22.9 Å². The fourth-order valence-electron chi connectivity index (χ4n) is 1.81. The maximum atomic E-state index is 6.08. The third kappa shape index (κ3) is 3.05. The lowest BCUT2D eigenvalue weighted by Crippen LogP contribution is -2.13. The molecule has 0 aliphatic rings. The van der Waals surface area contributed by atoms with Gasteiger partial charge >= 0.3 is 0 Å². The highest BCUT2D eigenvalue weighted by Gasteiger charge is 2.12. The van der Waals surface area contributed by atoms with Gasteiger partial charge in [0.15, 0.2) is 0 Å². The second kappa shape index (κ2) is 5.59. The summed E-state index contributed by atoms with van der Waals surface area (Å²) in [6.07, 6.45) is 0. The second-order valence-electron chi connectivity index (χ2n) is 4.17. The molecular weight excluding hydrogens is 282 g/mol. The summed E-state index contributed by atoms with van der Waals surface area (Å²) >= 11 is 11.1. The summed E-state index contributed by atoms with van der Waals surface area (Å²) in [5, 5.41) is 4.75. The molecule has 2 N–H and O–H groups in total. The summed E-state index contributed by atoms with van der Waals surface area (Å²) in [5.74, 6) is 0.582. The van der Waals surface area contributed by atoms with Crippen LogP contribution in [0.1, 0.15) is 17.0 Å². The van der Waals surface area contributed by atoms with E-state index in [2.05, 4.69) is 5.10 Å². The number of thiocarbonyl (C=S) groups is 1. The lowest BCUT2D eigenvalue weighted by Gasteiger charge is -2.11. The Hall–Kier alpha value is -1.59. The van der Waals surface area contributed by atoms with E-state index < -0.39 is 0 Å². The van der Waals surface area contributed by atoms with Crippen molar-refractivity contribution in [3.8, 4) is 5.75 Å². The molecule has 19 heavy (non-hydrogen) atoms. The zero-order valence-electron chi connectivity index (χ0n) is 10.7. The smallest absolute Gasteiger partial charge is 0.131 e. The second-order valence-corrected chi connectivity index (χ2v) is 5.01. The Labute approximate surface area is 122 Å². The molecule has 0 aliphatic carbocycles. The summed E-state index contributed by atoms with van der Waals surface area (Å²) in [7, 11) is 1.87. The van der Waals surface area contributed by atoms with Crippen LogP contribution in [0.15, 0.2) is 24.3 Å². The summed E-state index contributed by atoms with van der Waals surface area (Å²) < 4.78 is 7.52. The number of halogens is 1. The van der Waals surface area contributed by atoms with E-state index >= 15 is 0 Å². The molecule has 1 aromatic carbocycles. The van der Waals surface area contributed by atoms with Crippen LogP contribution >= 0.6 is 23.8 Å². The summed E-state index contributed by atoms with van der Waals surface area (Å²) in [5.41, 5.74) is 8.15. The molecule has 0 saturated carbocycles. The van der Waals surface area contributed by atoms with E-state index in [4.69, 9.17) is 34.3 Å². The fraction of sp³-hybridized carbons (Fsp3) is 0.231. The van der Waals surface area contributed by atoms with Gasteiger partial charge in [-0.2, -0.15) is 5.10 Å². The number of nitrogens with zero attached hydrogens (tertiary/aromatic N) is 2. The number of rotatable bonds is 4. The maximum absolute atomic E-state index is 6.08. The molecule has 0 saturated heterocycles. The molecule has 6 heteroatoms. The van der Waals surface area contributed by atoms with Crippen molar-refractivity contribution in [1.82, 2.24) is 9.78 Å².